The summed E-state index contributed by atoms with van der Waals surface area (Å²) in [5.41, 5.74) is 0. The molecule has 0 aromatic rings. The van der Waals surface area contributed by atoms with Crippen molar-refractivity contribution in [1.29, 1.82) is 0 Å². The molecule has 0 heterocycles. The normalized spacial score (nSPS) is 33.8. The van der Waals surface area contributed by atoms with Gasteiger partial charge in [0.15, 0.2) is 0 Å². The molecule has 66 valence electrons. The summed E-state index contributed by atoms with van der Waals surface area (Å²) in [6.07, 6.45) is 5.04. The Morgan fingerprint density at radius 1 is 1.09 bits per heavy atom. The van der Waals surface area contributed by atoms with E-state index in [9.17, 15) is 5.11 Å². The Kier molecular flexibility index (Phi) is 3.26. The fraction of sp³-hybridized carbons (Fsp3) is 1.00. The second-order valence-electron chi connectivity index (χ2n) is 4.82. The van der Waals surface area contributed by atoms with Crippen molar-refractivity contribution >= 4 is 18.4 Å². The molecule has 0 bridgehead atoms. The van der Waals surface area contributed by atoms with Gasteiger partial charge >= 0.3 is 74.0 Å². The van der Waals surface area contributed by atoms with Crippen LogP contribution in [0.2, 0.25) is 18.8 Å². The Hall–Kier alpha value is 0.759. The van der Waals surface area contributed by atoms with E-state index in [-0.39, 0.29) is 6.10 Å². The van der Waals surface area contributed by atoms with Crippen LogP contribution < -0.4 is 0 Å². The van der Waals surface area contributed by atoms with E-state index >= 15 is 0 Å². The number of aliphatic hydroxyl groups is 1. The molecule has 0 aromatic carbocycles. The van der Waals surface area contributed by atoms with Gasteiger partial charge in [-0.2, -0.15) is 0 Å². The first-order valence-corrected chi connectivity index (χ1v) is 14.9. The molecule has 1 N–H and O–H groups in total. The third kappa shape index (κ3) is 2.62. The Labute approximate surface area is 74.1 Å². The first kappa shape index (κ1) is 9.84. The molecule has 0 unspecified atom stereocenters. The van der Waals surface area contributed by atoms with Crippen LogP contribution >= 0.6 is 0 Å². The number of aliphatic hydroxyl groups excluding tert-OH is 1. The zero-order valence-corrected chi connectivity index (χ0v) is 10.8. The second kappa shape index (κ2) is 3.65. The van der Waals surface area contributed by atoms with E-state index in [1.54, 1.807) is 0 Å². The summed E-state index contributed by atoms with van der Waals surface area (Å²) in [5, 5.41) is 9.76. The van der Waals surface area contributed by atoms with Gasteiger partial charge in [-0.25, -0.2) is 0 Å². The quantitative estimate of drug-likeness (QED) is 0.721. The standard InChI is InChI=1S/C6H11O.3CH3.Sn/c7-6-4-2-1-3-5-6;;;;/h4,6-7H,1-3,5H2;3*1H3;/t6-;;;;/m0..../s1. The van der Waals surface area contributed by atoms with Gasteiger partial charge in [0.2, 0.25) is 0 Å². The van der Waals surface area contributed by atoms with Crippen molar-refractivity contribution in [2.45, 2.75) is 50.5 Å². The molecule has 1 fully saturated rings. The van der Waals surface area contributed by atoms with Gasteiger partial charge in [0, 0.05) is 0 Å². The summed E-state index contributed by atoms with van der Waals surface area (Å²) in [6.45, 7) is 0. The Bertz CT molecular complexity index is 128. The van der Waals surface area contributed by atoms with Crippen molar-refractivity contribution in [1.82, 2.24) is 0 Å². The van der Waals surface area contributed by atoms with Crippen molar-refractivity contribution in [3.8, 4) is 0 Å². The number of rotatable bonds is 1. The average molecular weight is 263 g/mol. The predicted octanol–water partition coefficient (Wildman–Crippen LogP) is 2.63. The molecule has 2 heteroatoms. The molecule has 11 heavy (non-hydrogen) atoms. The summed E-state index contributed by atoms with van der Waals surface area (Å²) >= 11 is -1.77. The Balaban J connectivity index is 2.55. The Morgan fingerprint density at radius 2 is 1.64 bits per heavy atom. The van der Waals surface area contributed by atoms with E-state index in [4.69, 9.17) is 0 Å². The van der Waals surface area contributed by atoms with Crippen LogP contribution in [0.25, 0.3) is 0 Å². The van der Waals surface area contributed by atoms with Crippen molar-refractivity contribution < 1.29 is 5.11 Å². The molecule has 0 aromatic heterocycles. The van der Waals surface area contributed by atoms with Gasteiger partial charge in [-0.3, -0.25) is 0 Å². The zero-order valence-electron chi connectivity index (χ0n) is 7.93. The minimum absolute atomic E-state index is 0.0551. The molecule has 1 saturated carbocycles. The van der Waals surface area contributed by atoms with Crippen molar-refractivity contribution in [2.24, 2.45) is 0 Å². The molecule has 0 aliphatic heterocycles. The van der Waals surface area contributed by atoms with Gasteiger partial charge < -0.3 is 0 Å². The van der Waals surface area contributed by atoms with E-state index in [0.717, 1.165) is 10.4 Å². The molecule has 1 rings (SSSR count). The van der Waals surface area contributed by atoms with E-state index in [1.807, 2.05) is 0 Å². The molecular formula is C9H20OSn. The predicted molar refractivity (Wildman–Crippen MR) is 51.6 cm³/mol. The fourth-order valence-electron chi connectivity index (χ4n) is 2.12. The molecule has 2 atom stereocenters. The summed E-state index contributed by atoms with van der Waals surface area (Å²) in [6, 6.07) is 0. The first-order chi connectivity index (χ1) is 5.02. The molecule has 0 saturated heterocycles. The van der Waals surface area contributed by atoms with Crippen LogP contribution in [0.4, 0.5) is 0 Å². The minimum atomic E-state index is -1.77. The SMILES string of the molecule is [CH3][Sn]([CH3])([CH3])[C@H]1CCCC[C@H]1O. The number of hydrogen-bond donors (Lipinski definition) is 1. The maximum absolute atomic E-state index is 9.76. The van der Waals surface area contributed by atoms with Gasteiger partial charge in [-0.05, 0) is 0 Å². The van der Waals surface area contributed by atoms with Crippen molar-refractivity contribution in [2.75, 3.05) is 0 Å². The third-order valence-electron chi connectivity index (χ3n) is 2.84. The van der Waals surface area contributed by atoms with Crippen LogP contribution in [0.1, 0.15) is 25.7 Å². The van der Waals surface area contributed by atoms with E-state index in [0.29, 0.717) is 0 Å². The third-order valence-corrected chi connectivity index (χ3v) is 11.1. The average Bonchev–Trinajstić information content (AvgIpc) is 1.86. The molecule has 1 aliphatic rings. The fourth-order valence-corrected chi connectivity index (χ4v) is 8.95. The van der Waals surface area contributed by atoms with Crippen LogP contribution in [-0.4, -0.2) is 29.6 Å². The summed E-state index contributed by atoms with van der Waals surface area (Å²) < 4.78 is 0.734. The maximum atomic E-state index is 9.76. The van der Waals surface area contributed by atoms with Gasteiger partial charge in [0.1, 0.15) is 0 Å². The van der Waals surface area contributed by atoms with E-state index in [1.165, 1.54) is 19.3 Å². The van der Waals surface area contributed by atoms with Gasteiger partial charge in [-0.15, -0.1) is 0 Å². The molecule has 0 radical (unpaired) electrons. The Morgan fingerprint density at radius 3 is 2.00 bits per heavy atom. The number of hydrogen-bond acceptors (Lipinski definition) is 1. The molecule has 0 spiro atoms. The van der Waals surface area contributed by atoms with Gasteiger partial charge in [0.05, 0.1) is 0 Å². The van der Waals surface area contributed by atoms with Crippen LogP contribution in [0.3, 0.4) is 0 Å². The summed E-state index contributed by atoms with van der Waals surface area (Å²) in [7, 11) is 0. The van der Waals surface area contributed by atoms with Crippen LogP contribution in [-0.2, 0) is 0 Å². The van der Waals surface area contributed by atoms with Crippen LogP contribution in [0, 0.1) is 0 Å². The van der Waals surface area contributed by atoms with E-state index in [2.05, 4.69) is 14.8 Å². The molecule has 0 amide bonds. The first-order valence-electron chi connectivity index (χ1n) is 4.70. The topological polar surface area (TPSA) is 20.2 Å². The molecule has 1 nitrogen and oxygen atoms in total. The van der Waals surface area contributed by atoms with Crippen LogP contribution in [0.15, 0.2) is 0 Å². The second-order valence-corrected chi connectivity index (χ2v) is 20.4. The molecule has 1 aliphatic carbocycles. The summed E-state index contributed by atoms with van der Waals surface area (Å²) in [4.78, 5) is 7.32. The van der Waals surface area contributed by atoms with Gasteiger partial charge in [-0.1, -0.05) is 0 Å². The van der Waals surface area contributed by atoms with Crippen molar-refractivity contribution in [3.05, 3.63) is 0 Å². The van der Waals surface area contributed by atoms with E-state index < -0.39 is 18.4 Å². The summed E-state index contributed by atoms with van der Waals surface area (Å²) in [5.74, 6) is 0. The zero-order chi connectivity index (χ0) is 8.48. The van der Waals surface area contributed by atoms with Crippen molar-refractivity contribution in [3.63, 3.8) is 0 Å². The monoisotopic (exact) mass is 264 g/mol. The molecular weight excluding hydrogens is 243 g/mol. The van der Waals surface area contributed by atoms with Crippen LogP contribution in [0.5, 0.6) is 0 Å². The van der Waals surface area contributed by atoms with Gasteiger partial charge in [0.25, 0.3) is 0 Å².